The fourth-order valence-corrected chi connectivity index (χ4v) is 2.31. The number of halogens is 1. The number of nitrogens with zero attached hydrogens (tertiary/aromatic N) is 1. The molecule has 0 spiro atoms. The highest BCUT2D eigenvalue weighted by Gasteiger charge is 2.14. The fraction of sp³-hybridized carbons (Fsp3) is 0.538. The van der Waals surface area contributed by atoms with Gasteiger partial charge in [-0.25, -0.2) is 4.98 Å². The maximum atomic E-state index is 12.0. The molecule has 0 aliphatic heterocycles. The van der Waals surface area contributed by atoms with Crippen LogP contribution in [0.1, 0.15) is 30.1 Å². The first-order valence-electron chi connectivity index (χ1n) is 6.06. The molecule has 0 saturated carbocycles. The number of hydrogen-bond acceptors (Lipinski definition) is 3. The molecule has 0 saturated heterocycles. The molecule has 1 heterocycles. The molecule has 1 aromatic heterocycles. The zero-order valence-electron chi connectivity index (χ0n) is 10.8. The molecule has 18 heavy (non-hydrogen) atoms. The molecule has 4 nitrogen and oxygen atoms in total. The van der Waals surface area contributed by atoms with Gasteiger partial charge in [0.25, 0.3) is 5.91 Å². The molecule has 1 amide bonds. The van der Waals surface area contributed by atoms with Gasteiger partial charge >= 0.3 is 0 Å². The molecule has 0 radical (unpaired) electrons. The van der Waals surface area contributed by atoms with Crippen LogP contribution in [0.15, 0.2) is 18.3 Å². The van der Waals surface area contributed by atoms with Crippen molar-refractivity contribution in [1.29, 1.82) is 0 Å². The molecule has 1 atom stereocenters. The number of carbonyl (C=O) groups excluding carboxylic acids is 1. The van der Waals surface area contributed by atoms with E-state index in [0.29, 0.717) is 23.9 Å². The van der Waals surface area contributed by atoms with Crippen LogP contribution in [0.3, 0.4) is 0 Å². The minimum absolute atomic E-state index is 0.132. The number of aromatic nitrogens is 1. The highest BCUT2D eigenvalue weighted by molar-refractivity contribution is 9.09. The van der Waals surface area contributed by atoms with Gasteiger partial charge in [0.1, 0.15) is 5.56 Å². The summed E-state index contributed by atoms with van der Waals surface area (Å²) in [4.78, 5) is 16.0. The molecule has 0 aliphatic carbocycles. The molecule has 1 unspecified atom stereocenters. The molecule has 0 aromatic carbocycles. The highest BCUT2D eigenvalue weighted by Crippen LogP contribution is 2.14. The molecule has 1 N–H and O–H groups in total. The summed E-state index contributed by atoms with van der Waals surface area (Å²) in [5.74, 6) is 0.729. The second-order valence-corrected chi connectivity index (χ2v) is 4.82. The quantitative estimate of drug-likeness (QED) is 0.787. The van der Waals surface area contributed by atoms with Crippen LogP contribution >= 0.6 is 15.9 Å². The summed E-state index contributed by atoms with van der Waals surface area (Å²) in [5, 5.41) is 3.89. The lowest BCUT2D eigenvalue weighted by Crippen LogP contribution is -2.29. The summed E-state index contributed by atoms with van der Waals surface area (Å²) >= 11 is 3.42. The second kappa shape index (κ2) is 8.08. The first kappa shape index (κ1) is 15.0. The Labute approximate surface area is 116 Å². The Bertz CT molecular complexity index is 385. The van der Waals surface area contributed by atoms with Gasteiger partial charge in [-0.3, -0.25) is 4.79 Å². The van der Waals surface area contributed by atoms with Crippen molar-refractivity contribution in [2.45, 2.75) is 19.8 Å². The largest absolute Gasteiger partial charge is 0.480 e. The molecule has 0 bridgehead atoms. The van der Waals surface area contributed by atoms with Crippen molar-refractivity contribution < 1.29 is 9.53 Å². The number of nitrogens with one attached hydrogen (secondary N) is 1. The predicted octanol–water partition coefficient (Wildman–Crippen LogP) is 2.63. The van der Waals surface area contributed by atoms with E-state index in [2.05, 4.69) is 33.2 Å². The number of ether oxygens (including phenoxy) is 1. The molecule has 1 rings (SSSR count). The third-order valence-corrected chi connectivity index (χ3v) is 3.31. The van der Waals surface area contributed by atoms with Crippen LogP contribution in [0.2, 0.25) is 0 Å². The lowest BCUT2D eigenvalue weighted by molar-refractivity contribution is 0.0942. The van der Waals surface area contributed by atoms with E-state index in [9.17, 15) is 4.79 Å². The maximum absolute atomic E-state index is 12.0. The van der Waals surface area contributed by atoms with Crippen LogP contribution in [0.25, 0.3) is 0 Å². The lowest BCUT2D eigenvalue weighted by atomic mass is 10.0. The number of pyridine rings is 1. The first-order chi connectivity index (χ1) is 8.72. The van der Waals surface area contributed by atoms with E-state index in [4.69, 9.17) is 4.74 Å². The SMILES string of the molecule is CCC(CCBr)CNC(=O)c1cccnc1OC. The Morgan fingerprint density at radius 3 is 3.00 bits per heavy atom. The summed E-state index contributed by atoms with van der Waals surface area (Å²) in [5.41, 5.74) is 0.480. The standard InChI is InChI=1S/C13H19BrN2O2/c1-3-10(6-7-14)9-16-12(17)11-5-4-8-15-13(11)18-2/h4-5,8,10H,3,6-7,9H2,1-2H3,(H,16,17). The number of hydrogen-bond donors (Lipinski definition) is 1. The van der Waals surface area contributed by atoms with Crippen LogP contribution < -0.4 is 10.1 Å². The highest BCUT2D eigenvalue weighted by atomic mass is 79.9. The van der Waals surface area contributed by atoms with E-state index in [1.165, 1.54) is 7.11 Å². The molecule has 0 aliphatic rings. The van der Waals surface area contributed by atoms with Gasteiger partial charge in [-0.15, -0.1) is 0 Å². The molecular weight excluding hydrogens is 296 g/mol. The van der Waals surface area contributed by atoms with Gasteiger partial charge in [0.2, 0.25) is 5.88 Å². The molecular formula is C13H19BrN2O2. The average molecular weight is 315 g/mol. The van der Waals surface area contributed by atoms with E-state index in [1.54, 1.807) is 18.3 Å². The summed E-state index contributed by atoms with van der Waals surface area (Å²) in [7, 11) is 1.51. The normalized spacial score (nSPS) is 11.9. The van der Waals surface area contributed by atoms with Crippen LogP contribution in [0.4, 0.5) is 0 Å². The van der Waals surface area contributed by atoms with Crippen molar-refractivity contribution in [3.8, 4) is 5.88 Å². The smallest absolute Gasteiger partial charge is 0.256 e. The number of rotatable bonds is 7. The van der Waals surface area contributed by atoms with E-state index >= 15 is 0 Å². The number of amides is 1. The molecule has 1 aromatic rings. The van der Waals surface area contributed by atoms with Crippen LogP contribution in [0, 0.1) is 5.92 Å². The number of methoxy groups -OCH3 is 1. The van der Waals surface area contributed by atoms with Crippen molar-refractivity contribution in [2.75, 3.05) is 19.0 Å². The number of carbonyl (C=O) groups is 1. The van der Waals surface area contributed by atoms with E-state index in [1.807, 2.05) is 0 Å². The van der Waals surface area contributed by atoms with Gasteiger partial charge in [0.05, 0.1) is 7.11 Å². The minimum Gasteiger partial charge on any atom is -0.480 e. The van der Waals surface area contributed by atoms with Crippen LogP contribution in [-0.2, 0) is 0 Å². The van der Waals surface area contributed by atoms with Gasteiger partial charge in [-0.1, -0.05) is 29.3 Å². The van der Waals surface area contributed by atoms with Crippen molar-refractivity contribution in [2.24, 2.45) is 5.92 Å². The van der Waals surface area contributed by atoms with Gasteiger partial charge in [-0.2, -0.15) is 0 Å². The van der Waals surface area contributed by atoms with Crippen LogP contribution in [-0.4, -0.2) is 29.9 Å². The van der Waals surface area contributed by atoms with Gasteiger partial charge in [-0.05, 0) is 24.5 Å². The minimum atomic E-state index is -0.132. The topological polar surface area (TPSA) is 51.2 Å². The Morgan fingerprint density at radius 1 is 1.61 bits per heavy atom. The summed E-state index contributed by atoms with van der Waals surface area (Å²) < 4.78 is 5.07. The Balaban J connectivity index is 2.59. The Kier molecular flexibility index (Phi) is 6.72. The van der Waals surface area contributed by atoms with E-state index in [-0.39, 0.29) is 5.91 Å². The van der Waals surface area contributed by atoms with Crippen molar-refractivity contribution in [1.82, 2.24) is 10.3 Å². The molecule has 100 valence electrons. The summed E-state index contributed by atoms with van der Waals surface area (Å²) in [6.07, 6.45) is 3.71. The molecule has 5 heteroatoms. The predicted molar refractivity (Wildman–Crippen MR) is 75.3 cm³/mol. The monoisotopic (exact) mass is 314 g/mol. The lowest BCUT2D eigenvalue weighted by Gasteiger charge is -2.14. The third-order valence-electron chi connectivity index (χ3n) is 2.86. The fourth-order valence-electron chi connectivity index (χ4n) is 1.66. The summed E-state index contributed by atoms with van der Waals surface area (Å²) in [6.45, 7) is 2.81. The first-order valence-corrected chi connectivity index (χ1v) is 7.18. The molecule has 0 fully saturated rings. The zero-order valence-corrected chi connectivity index (χ0v) is 12.4. The third kappa shape index (κ3) is 4.29. The van der Waals surface area contributed by atoms with Crippen molar-refractivity contribution in [3.63, 3.8) is 0 Å². The van der Waals surface area contributed by atoms with E-state index < -0.39 is 0 Å². The van der Waals surface area contributed by atoms with Crippen molar-refractivity contribution >= 4 is 21.8 Å². The van der Waals surface area contributed by atoms with Crippen LogP contribution in [0.5, 0.6) is 5.88 Å². The number of alkyl halides is 1. The van der Waals surface area contributed by atoms with Gasteiger partial charge in [0.15, 0.2) is 0 Å². The average Bonchev–Trinajstić information content (AvgIpc) is 2.42. The Hall–Kier alpha value is -1.10. The zero-order chi connectivity index (χ0) is 13.4. The second-order valence-electron chi connectivity index (χ2n) is 4.02. The van der Waals surface area contributed by atoms with Gasteiger partial charge in [0, 0.05) is 18.1 Å². The van der Waals surface area contributed by atoms with Crippen molar-refractivity contribution in [3.05, 3.63) is 23.9 Å². The van der Waals surface area contributed by atoms with Gasteiger partial charge < -0.3 is 10.1 Å². The Morgan fingerprint density at radius 2 is 2.39 bits per heavy atom. The maximum Gasteiger partial charge on any atom is 0.256 e. The van der Waals surface area contributed by atoms with E-state index in [0.717, 1.165) is 18.2 Å². The summed E-state index contributed by atoms with van der Waals surface area (Å²) in [6, 6.07) is 3.44.